The third-order valence-corrected chi connectivity index (χ3v) is 3.56. The number of hydrogen-bond acceptors (Lipinski definition) is 4. The van der Waals surface area contributed by atoms with E-state index in [4.69, 9.17) is 0 Å². The Bertz CT molecular complexity index is 444. The molecule has 0 aromatic carbocycles. The maximum atomic E-state index is 12.0. The normalized spacial score (nSPS) is 19.4. The second-order valence-corrected chi connectivity index (χ2v) is 5.12. The van der Waals surface area contributed by atoms with Gasteiger partial charge in [-0.2, -0.15) is 0 Å². The highest BCUT2D eigenvalue weighted by atomic mass is 32.1. The van der Waals surface area contributed by atoms with Crippen LogP contribution >= 0.6 is 11.3 Å². The summed E-state index contributed by atoms with van der Waals surface area (Å²) in [4.78, 5) is 25.1. The van der Waals surface area contributed by atoms with Gasteiger partial charge in [0.15, 0.2) is 0 Å². The molecule has 2 rings (SSSR count). The summed E-state index contributed by atoms with van der Waals surface area (Å²) in [6, 6.07) is 3.41. The van der Waals surface area contributed by atoms with E-state index in [1.54, 1.807) is 17.0 Å². The van der Waals surface area contributed by atoms with Gasteiger partial charge in [0.1, 0.15) is 0 Å². The largest absolute Gasteiger partial charge is 0.391 e. The van der Waals surface area contributed by atoms with E-state index < -0.39 is 6.10 Å². The molecule has 1 aromatic rings. The summed E-state index contributed by atoms with van der Waals surface area (Å²) in [6.45, 7) is 2.41. The van der Waals surface area contributed by atoms with Gasteiger partial charge in [-0.1, -0.05) is 0 Å². The molecule has 0 aliphatic carbocycles. The van der Waals surface area contributed by atoms with Gasteiger partial charge in [0.25, 0.3) is 5.91 Å². The predicted octanol–water partition coefficient (Wildman–Crippen LogP) is 0.913. The van der Waals surface area contributed by atoms with E-state index in [2.05, 4.69) is 5.32 Å². The van der Waals surface area contributed by atoms with Crippen molar-refractivity contribution in [1.82, 2.24) is 4.90 Å². The van der Waals surface area contributed by atoms with E-state index >= 15 is 0 Å². The minimum Gasteiger partial charge on any atom is -0.391 e. The molecule has 0 radical (unpaired) electrons. The van der Waals surface area contributed by atoms with Crippen LogP contribution in [0.5, 0.6) is 0 Å². The van der Waals surface area contributed by atoms with Gasteiger partial charge in [-0.25, -0.2) is 0 Å². The summed E-state index contributed by atoms with van der Waals surface area (Å²) in [7, 11) is 0. The van der Waals surface area contributed by atoms with Crippen LogP contribution in [-0.2, 0) is 4.79 Å². The van der Waals surface area contributed by atoms with Gasteiger partial charge < -0.3 is 15.3 Å². The molecule has 2 amide bonds. The average Bonchev–Trinajstić information content (AvgIpc) is 2.85. The van der Waals surface area contributed by atoms with E-state index in [1.165, 1.54) is 18.3 Å². The zero-order valence-corrected chi connectivity index (χ0v) is 10.3. The Hall–Kier alpha value is -1.40. The fraction of sp³-hybridized carbons (Fsp3) is 0.455. The molecule has 0 spiro atoms. The van der Waals surface area contributed by atoms with Gasteiger partial charge in [0, 0.05) is 20.0 Å². The van der Waals surface area contributed by atoms with Gasteiger partial charge in [0.05, 0.1) is 16.0 Å². The average molecular weight is 254 g/mol. The monoisotopic (exact) mass is 254 g/mol. The van der Waals surface area contributed by atoms with Crippen molar-refractivity contribution in [3.63, 3.8) is 0 Å². The molecule has 1 aromatic heterocycles. The Morgan fingerprint density at radius 2 is 2.29 bits per heavy atom. The van der Waals surface area contributed by atoms with E-state index in [0.717, 1.165) is 0 Å². The van der Waals surface area contributed by atoms with Crippen LogP contribution in [0.1, 0.15) is 23.0 Å². The molecule has 92 valence electrons. The molecule has 0 saturated carbocycles. The number of aliphatic hydroxyl groups is 1. The molecular weight excluding hydrogens is 240 g/mol. The van der Waals surface area contributed by atoms with Gasteiger partial charge in [-0.15, -0.1) is 11.3 Å². The van der Waals surface area contributed by atoms with Crippen LogP contribution < -0.4 is 5.32 Å². The van der Waals surface area contributed by atoms with E-state index in [-0.39, 0.29) is 11.8 Å². The first-order valence-electron chi connectivity index (χ1n) is 5.41. The Kier molecular flexibility index (Phi) is 3.44. The molecule has 1 fully saturated rings. The molecule has 1 aliphatic rings. The van der Waals surface area contributed by atoms with Gasteiger partial charge in [-0.05, 0) is 18.6 Å². The summed E-state index contributed by atoms with van der Waals surface area (Å²) in [5, 5.41) is 12.7. The van der Waals surface area contributed by atoms with Crippen molar-refractivity contribution < 1.29 is 14.7 Å². The maximum absolute atomic E-state index is 12.0. The molecule has 1 unspecified atom stereocenters. The van der Waals surface area contributed by atoms with E-state index in [0.29, 0.717) is 29.4 Å². The summed E-state index contributed by atoms with van der Waals surface area (Å²) < 4.78 is 0. The number of carbonyl (C=O) groups excluding carboxylic acids is 2. The number of hydrogen-bond donors (Lipinski definition) is 2. The SMILES string of the molecule is CC(=O)Nc1ccc(C(=O)N2CCC(O)C2)s1. The number of rotatable bonds is 2. The minimum atomic E-state index is -0.409. The van der Waals surface area contributed by atoms with Crippen LogP contribution in [0.4, 0.5) is 5.00 Å². The summed E-state index contributed by atoms with van der Waals surface area (Å²) in [5.74, 6) is -0.231. The fourth-order valence-electron chi connectivity index (χ4n) is 1.78. The van der Waals surface area contributed by atoms with Gasteiger partial charge >= 0.3 is 0 Å². The molecule has 2 heterocycles. The number of amides is 2. The Labute approximate surface area is 103 Å². The van der Waals surface area contributed by atoms with Crippen molar-refractivity contribution in [3.05, 3.63) is 17.0 Å². The third kappa shape index (κ3) is 2.83. The number of thiophene rings is 1. The Morgan fingerprint density at radius 3 is 2.88 bits per heavy atom. The highest BCUT2D eigenvalue weighted by Crippen LogP contribution is 2.24. The van der Waals surface area contributed by atoms with Gasteiger partial charge in [-0.3, -0.25) is 9.59 Å². The molecular formula is C11H14N2O3S. The zero-order chi connectivity index (χ0) is 12.4. The summed E-state index contributed by atoms with van der Waals surface area (Å²) in [6.07, 6.45) is 0.226. The third-order valence-electron chi connectivity index (χ3n) is 2.57. The van der Waals surface area contributed by atoms with Crippen molar-refractivity contribution in [3.8, 4) is 0 Å². The Morgan fingerprint density at radius 1 is 1.53 bits per heavy atom. The number of nitrogens with zero attached hydrogens (tertiary/aromatic N) is 1. The topological polar surface area (TPSA) is 69.6 Å². The highest BCUT2D eigenvalue weighted by molar-refractivity contribution is 7.18. The lowest BCUT2D eigenvalue weighted by Gasteiger charge is -2.13. The zero-order valence-electron chi connectivity index (χ0n) is 9.47. The molecule has 0 bridgehead atoms. The maximum Gasteiger partial charge on any atom is 0.264 e. The smallest absolute Gasteiger partial charge is 0.264 e. The minimum absolute atomic E-state index is 0.0804. The molecule has 17 heavy (non-hydrogen) atoms. The molecule has 6 heteroatoms. The van der Waals surface area contributed by atoms with Gasteiger partial charge in [0.2, 0.25) is 5.91 Å². The van der Waals surface area contributed by atoms with E-state index in [1.807, 2.05) is 0 Å². The second kappa shape index (κ2) is 4.85. The van der Waals surface area contributed by atoms with Crippen molar-refractivity contribution in [2.45, 2.75) is 19.4 Å². The lowest BCUT2D eigenvalue weighted by atomic mass is 10.3. The van der Waals surface area contributed by atoms with Crippen molar-refractivity contribution >= 4 is 28.2 Å². The number of aliphatic hydroxyl groups excluding tert-OH is 1. The first-order valence-corrected chi connectivity index (χ1v) is 6.22. The lowest BCUT2D eigenvalue weighted by Crippen LogP contribution is -2.28. The van der Waals surface area contributed by atoms with Crippen LogP contribution in [0, 0.1) is 0 Å². The fourth-order valence-corrected chi connectivity index (χ4v) is 2.70. The number of nitrogens with one attached hydrogen (secondary N) is 1. The number of β-amino-alcohol motifs (C(OH)–C–C–N with tert-alkyl or cyclic N) is 1. The van der Waals surface area contributed by atoms with Crippen molar-refractivity contribution in [2.75, 3.05) is 18.4 Å². The quantitative estimate of drug-likeness (QED) is 0.824. The first-order chi connectivity index (χ1) is 8.06. The predicted molar refractivity (Wildman–Crippen MR) is 65.2 cm³/mol. The molecule has 2 N–H and O–H groups in total. The van der Waals surface area contributed by atoms with E-state index in [9.17, 15) is 14.7 Å². The Balaban J connectivity index is 2.04. The van der Waals surface area contributed by atoms with Crippen molar-refractivity contribution in [1.29, 1.82) is 0 Å². The standard InChI is InChI=1S/C11H14N2O3S/c1-7(14)12-10-3-2-9(17-10)11(16)13-5-4-8(15)6-13/h2-3,8,15H,4-6H2,1H3,(H,12,14). The summed E-state index contributed by atoms with van der Waals surface area (Å²) >= 11 is 1.25. The highest BCUT2D eigenvalue weighted by Gasteiger charge is 2.26. The number of anilines is 1. The summed E-state index contributed by atoms with van der Waals surface area (Å²) in [5.41, 5.74) is 0. The number of likely N-dealkylation sites (tertiary alicyclic amines) is 1. The molecule has 1 saturated heterocycles. The molecule has 5 nitrogen and oxygen atoms in total. The molecule has 1 aliphatic heterocycles. The van der Waals surface area contributed by atoms with Crippen LogP contribution in [0.3, 0.4) is 0 Å². The van der Waals surface area contributed by atoms with Crippen LogP contribution in [0.25, 0.3) is 0 Å². The van der Waals surface area contributed by atoms with Crippen LogP contribution in [-0.4, -0.2) is 41.0 Å². The first kappa shape index (κ1) is 12.1. The lowest BCUT2D eigenvalue weighted by molar-refractivity contribution is -0.114. The van der Waals surface area contributed by atoms with Crippen LogP contribution in [0.2, 0.25) is 0 Å². The van der Waals surface area contributed by atoms with Crippen LogP contribution in [0.15, 0.2) is 12.1 Å². The molecule has 1 atom stereocenters. The number of carbonyl (C=O) groups is 2. The second-order valence-electron chi connectivity index (χ2n) is 4.04. The van der Waals surface area contributed by atoms with Crippen molar-refractivity contribution in [2.24, 2.45) is 0 Å².